The molecule has 0 spiro atoms. The van der Waals surface area contributed by atoms with Crippen LogP contribution >= 0.6 is 35.6 Å². The first-order valence-corrected chi connectivity index (χ1v) is 13.8. The zero-order chi connectivity index (χ0) is 27.7. The molecule has 1 amide bonds. The van der Waals surface area contributed by atoms with Crippen LogP contribution in [0.3, 0.4) is 0 Å². The number of nitrogens with zero attached hydrogens (tertiary/aromatic N) is 3. The van der Waals surface area contributed by atoms with E-state index >= 15 is 0 Å². The van der Waals surface area contributed by atoms with Crippen molar-refractivity contribution < 1.29 is 19.1 Å². The molecule has 2 N–H and O–H groups in total. The van der Waals surface area contributed by atoms with Gasteiger partial charge in [0.1, 0.15) is 0 Å². The number of methoxy groups -OCH3 is 2. The number of nitrogen functional groups attached to an aromatic ring is 1. The van der Waals surface area contributed by atoms with Gasteiger partial charge in [0.05, 0.1) is 54.2 Å². The number of hydrogen-bond donors (Lipinski definition) is 1. The Labute approximate surface area is 250 Å². The van der Waals surface area contributed by atoms with Crippen molar-refractivity contribution in [1.82, 2.24) is 9.91 Å². The number of carbonyl (C=O) groups excluding carboxylic acids is 2. The summed E-state index contributed by atoms with van der Waals surface area (Å²) < 4.78 is 10.9. The summed E-state index contributed by atoms with van der Waals surface area (Å²) in [5.74, 6) is 1.16. The Kier molecular flexibility index (Phi) is 9.67. The van der Waals surface area contributed by atoms with Crippen LogP contribution in [0.1, 0.15) is 41.6 Å². The van der Waals surface area contributed by atoms with Crippen LogP contribution in [0.25, 0.3) is 0 Å². The molecule has 0 unspecified atom stereocenters. The maximum Gasteiger partial charge on any atom is 0.247 e. The second-order valence-corrected chi connectivity index (χ2v) is 11.0. The highest BCUT2D eigenvalue weighted by Gasteiger charge is 2.43. The van der Waals surface area contributed by atoms with Crippen molar-refractivity contribution in [1.29, 1.82) is 0 Å². The van der Waals surface area contributed by atoms with E-state index < -0.39 is 0 Å². The third kappa shape index (κ3) is 5.96. The van der Waals surface area contributed by atoms with Gasteiger partial charge in [0.15, 0.2) is 17.3 Å². The first kappa shape index (κ1) is 30.2. The van der Waals surface area contributed by atoms with E-state index in [1.807, 2.05) is 18.2 Å². The van der Waals surface area contributed by atoms with Crippen molar-refractivity contribution in [3.05, 3.63) is 63.7 Å². The Hall–Kier alpha value is -2.78. The van der Waals surface area contributed by atoms with Gasteiger partial charge >= 0.3 is 0 Å². The van der Waals surface area contributed by atoms with Crippen molar-refractivity contribution in [3.63, 3.8) is 0 Å². The molecule has 1 fully saturated rings. The van der Waals surface area contributed by atoms with E-state index in [-0.39, 0.29) is 64.3 Å². The number of fused-ring (bicyclic) bond motifs is 1. The maximum atomic E-state index is 13.6. The van der Waals surface area contributed by atoms with Gasteiger partial charge in [-0.2, -0.15) is 5.10 Å². The number of ketones is 1. The molecule has 8 nitrogen and oxygen atoms in total. The number of Topliss-reactive ketones (excluding diaryl/α,β-unsaturated/α-hetero) is 1. The molecule has 1 aliphatic carbocycles. The van der Waals surface area contributed by atoms with E-state index in [1.165, 1.54) is 0 Å². The highest BCUT2D eigenvalue weighted by molar-refractivity contribution is 6.39. The van der Waals surface area contributed by atoms with Crippen LogP contribution in [0.15, 0.2) is 47.6 Å². The third-order valence-electron chi connectivity index (χ3n) is 7.89. The standard InChI is InChI=1S/C29H32Cl2N4O4.ClH/c1-38-25-8-7-17(15-26(25)39-2)28-20-5-3-4-6-21(20)29(37)35(33-28)19-9-11-34(12-10-19)16-24(36)18-13-22(30)27(32)23(31)14-18;/h3-4,7-8,13-15,19-21H,5-6,9-12,16,32H2,1-2H3;1H/t20-,21+;/m0./s1. The number of benzene rings is 2. The summed E-state index contributed by atoms with van der Waals surface area (Å²) in [4.78, 5) is 28.6. The van der Waals surface area contributed by atoms with Crippen LogP contribution in [-0.4, -0.2) is 67.2 Å². The average Bonchev–Trinajstić information content (AvgIpc) is 2.96. The van der Waals surface area contributed by atoms with Gasteiger partial charge in [-0.25, -0.2) is 5.01 Å². The quantitative estimate of drug-likeness (QED) is 0.254. The van der Waals surface area contributed by atoms with Crippen LogP contribution in [-0.2, 0) is 4.79 Å². The molecule has 0 bridgehead atoms. The van der Waals surface area contributed by atoms with E-state index in [0.717, 1.165) is 30.5 Å². The zero-order valence-electron chi connectivity index (χ0n) is 22.4. The van der Waals surface area contributed by atoms with Gasteiger partial charge in [0, 0.05) is 30.1 Å². The first-order valence-electron chi connectivity index (χ1n) is 13.1. The van der Waals surface area contributed by atoms with Gasteiger partial charge in [-0.15, -0.1) is 12.4 Å². The number of anilines is 1. The summed E-state index contributed by atoms with van der Waals surface area (Å²) in [6.07, 6.45) is 7.15. The molecule has 0 aromatic heterocycles. The number of rotatable bonds is 7. The Morgan fingerprint density at radius 3 is 2.25 bits per heavy atom. The normalized spacial score (nSPS) is 21.4. The summed E-state index contributed by atoms with van der Waals surface area (Å²) in [6.45, 7) is 1.59. The minimum absolute atomic E-state index is 0. The highest BCUT2D eigenvalue weighted by Crippen LogP contribution is 2.38. The molecule has 0 radical (unpaired) electrons. The van der Waals surface area contributed by atoms with Crippen LogP contribution in [0.5, 0.6) is 11.5 Å². The third-order valence-corrected chi connectivity index (χ3v) is 8.52. The Balaban J connectivity index is 0.00000370. The molecule has 2 atom stereocenters. The zero-order valence-corrected chi connectivity index (χ0v) is 24.8. The number of likely N-dealkylation sites (tertiary alicyclic amines) is 1. The van der Waals surface area contributed by atoms with Gasteiger partial charge in [0.2, 0.25) is 5.91 Å². The molecule has 214 valence electrons. The topological polar surface area (TPSA) is 97.5 Å². The average molecular weight is 608 g/mol. The summed E-state index contributed by atoms with van der Waals surface area (Å²) in [5, 5.41) is 7.23. The molecule has 2 aromatic rings. The molecule has 2 heterocycles. The lowest BCUT2D eigenvalue weighted by molar-refractivity contribution is -0.141. The molecular formula is C29H33Cl3N4O4. The van der Waals surface area contributed by atoms with Crippen molar-refractivity contribution in [3.8, 4) is 11.5 Å². The largest absolute Gasteiger partial charge is 0.493 e. The second-order valence-electron chi connectivity index (χ2n) is 10.2. The van der Waals surface area contributed by atoms with Crippen molar-refractivity contribution in [2.45, 2.75) is 31.7 Å². The van der Waals surface area contributed by atoms with Crippen LogP contribution in [0.4, 0.5) is 5.69 Å². The number of amides is 1. The smallest absolute Gasteiger partial charge is 0.247 e. The fourth-order valence-electron chi connectivity index (χ4n) is 5.69. The van der Waals surface area contributed by atoms with Crippen molar-refractivity contribution in [2.24, 2.45) is 16.9 Å². The Bertz CT molecular complexity index is 1320. The molecular weight excluding hydrogens is 575 g/mol. The van der Waals surface area contributed by atoms with Gasteiger partial charge in [-0.1, -0.05) is 35.4 Å². The lowest BCUT2D eigenvalue weighted by Crippen LogP contribution is -2.52. The number of nitrogens with two attached hydrogens (primary N) is 1. The summed E-state index contributed by atoms with van der Waals surface area (Å²) in [6, 6.07) is 8.87. The second kappa shape index (κ2) is 12.8. The number of piperidine rings is 1. The number of halogens is 3. The van der Waals surface area contributed by atoms with Crippen molar-refractivity contribution in [2.75, 3.05) is 39.6 Å². The molecule has 40 heavy (non-hydrogen) atoms. The predicted octanol–water partition coefficient (Wildman–Crippen LogP) is 5.49. The Morgan fingerprint density at radius 2 is 1.62 bits per heavy atom. The van der Waals surface area contributed by atoms with E-state index in [2.05, 4.69) is 17.1 Å². The number of hydrogen-bond acceptors (Lipinski definition) is 7. The van der Waals surface area contributed by atoms with Gasteiger partial charge in [-0.05, 0) is 56.0 Å². The van der Waals surface area contributed by atoms with Crippen LogP contribution < -0.4 is 15.2 Å². The van der Waals surface area contributed by atoms with E-state index in [4.69, 9.17) is 43.5 Å². The van der Waals surface area contributed by atoms with Crippen LogP contribution in [0.2, 0.25) is 10.0 Å². The summed E-state index contributed by atoms with van der Waals surface area (Å²) >= 11 is 12.2. The molecule has 0 saturated carbocycles. The van der Waals surface area contributed by atoms with Crippen molar-refractivity contribution >= 4 is 58.7 Å². The highest BCUT2D eigenvalue weighted by atomic mass is 35.5. The lowest BCUT2D eigenvalue weighted by Gasteiger charge is -2.42. The van der Waals surface area contributed by atoms with E-state index in [9.17, 15) is 9.59 Å². The van der Waals surface area contributed by atoms with Crippen LogP contribution in [0, 0.1) is 11.8 Å². The minimum Gasteiger partial charge on any atom is -0.493 e. The maximum absolute atomic E-state index is 13.6. The fraction of sp³-hybridized carbons (Fsp3) is 0.414. The summed E-state index contributed by atoms with van der Waals surface area (Å²) in [5.41, 5.74) is 8.34. The molecule has 1 saturated heterocycles. The molecule has 11 heteroatoms. The number of ether oxygens (including phenoxy) is 2. The monoisotopic (exact) mass is 606 g/mol. The number of hydrazone groups is 1. The lowest BCUT2D eigenvalue weighted by atomic mass is 9.76. The van der Waals surface area contributed by atoms with Gasteiger partial charge in [0.25, 0.3) is 0 Å². The SMILES string of the molecule is COc1ccc(C2=NN(C3CCN(CC(=O)c4cc(Cl)c(N)c(Cl)c4)CC3)C(=O)[C@@H]3CC=CC[C@H]23)cc1OC.Cl. The summed E-state index contributed by atoms with van der Waals surface area (Å²) in [7, 11) is 3.22. The van der Waals surface area contributed by atoms with Gasteiger partial charge in [-0.3, -0.25) is 14.5 Å². The van der Waals surface area contributed by atoms with Gasteiger partial charge < -0.3 is 15.2 Å². The first-order chi connectivity index (χ1) is 18.8. The van der Waals surface area contributed by atoms with E-state index in [0.29, 0.717) is 36.6 Å². The number of allylic oxidation sites excluding steroid dienone is 2. The van der Waals surface area contributed by atoms with E-state index in [1.54, 1.807) is 31.4 Å². The molecule has 2 aliphatic heterocycles. The molecule has 2 aromatic carbocycles. The predicted molar refractivity (Wildman–Crippen MR) is 160 cm³/mol. The Morgan fingerprint density at radius 1 is 1.00 bits per heavy atom. The molecule has 3 aliphatic rings. The minimum atomic E-state index is -0.143. The molecule has 5 rings (SSSR count). The fourth-order valence-corrected chi connectivity index (χ4v) is 6.18. The number of carbonyl (C=O) groups is 2.